The number of hydrogen-bond donors (Lipinski definition) is 1. The van der Waals surface area contributed by atoms with Crippen LogP contribution in [0.15, 0.2) is 35.5 Å². The second-order valence-electron chi connectivity index (χ2n) is 5.53. The van der Waals surface area contributed by atoms with E-state index in [2.05, 4.69) is 31.2 Å². The van der Waals surface area contributed by atoms with Crippen molar-refractivity contribution in [2.45, 2.75) is 33.3 Å². The maximum Gasteiger partial charge on any atom is 0.418 e. The molecule has 0 saturated heterocycles. The molecule has 1 aromatic rings. The third-order valence-electron chi connectivity index (χ3n) is 2.83. The fraction of sp³-hybridized carbons (Fsp3) is 0.429. The number of amidine groups is 1. The van der Waals surface area contributed by atoms with Crippen LogP contribution in [-0.2, 0) is 4.84 Å². The van der Waals surface area contributed by atoms with E-state index >= 15 is 0 Å². The molecule has 1 N–H and O–H groups in total. The zero-order chi connectivity index (χ0) is 13.9. The van der Waals surface area contributed by atoms with Gasteiger partial charge in [0.15, 0.2) is 5.84 Å². The lowest BCUT2D eigenvalue weighted by atomic mass is 9.87. The van der Waals surface area contributed by atoms with Crippen molar-refractivity contribution in [2.24, 2.45) is 10.6 Å². The second-order valence-corrected chi connectivity index (χ2v) is 5.53. The predicted molar refractivity (Wildman–Crippen MR) is 72.0 cm³/mol. The quantitative estimate of drug-likeness (QED) is 0.846. The fourth-order valence-electron chi connectivity index (χ4n) is 1.65. The first-order valence-electron chi connectivity index (χ1n) is 6.22. The molecule has 0 bridgehead atoms. The van der Waals surface area contributed by atoms with E-state index in [0.29, 0.717) is 18.0 Å². The molecule has 2 rings (SSSR count). The van der Waals surface area contributed by atoms with Crippen molar-refractivity contribution in [3.63, 3.8) is 0 Å². The lowest BCUT2D eigenvalue weighted by molar-refractivity contribution is 0.00830. The Kier molecular flexibility index (Phi) is 3.74. The Balaban J connectivity index is 1.85. The van der Waals surface area contributed by atoms with Crippen molar-refractivity contribution in [1.82, 2.24) is 5.32 Å². The number of ether oxygens (including phenoxy) is 1. The van der Waals surface area contributed by atoms with Crippen LogP contribution < -0.4 is 10.1 Å². The van der Waals surface area contributed by atoms with Crippen LogP contribution >= 0.6 is 0 Å². The molecule has 1 unspecified atom stereocenters. The summed E-state index contributed by atoms with van der Waals surface area (Å²) in [5.41, 5.74) is -0.0176. The SMILES string of the molecule is CC(C)(C)C1CC(NC(=O)Oc2ccccc2)=NO1. The molecule has 0 saturated carbocycles. The minimum absolute atomic E-state index is 0.0176. The van der Waals surface area contributed by atoms with Crippen molar-refractivity contribution in [3.8, 4) is 5.75 Å². The number of oxime groups is 1. The van der Waals surface area contributed by atoms with E-state index in [4.69, 9.17) is 9.57 Å². The van der Waals surface area contributed by atoms with Gasteiger partial charge in [0.05, 0.1) is 0 Å². The molecule has 0 radical (unpaired) electrons. The first kappa shape index (κ1) is 13.4. The standard InChI is InChI=1S/C14H18N2O3/c1-14(2,3)11-9-12(16-19-11)15-13(17)18-10-7-5-4-6-8-10/h4-8,11H,9H2,1-3H3,(H,15,16,17). The first-order valence-corrected chi connectivity index (χ1v) is 6.22. The molecule has 0 aliphatic carbocycles. The van der Waals surface area contributed by atoms with E-state index in [0.717, 1.165) is 0 Å². The highest BCUT2D eigenvalue weighted by Crippen LogP contribution is 2.28. The van der Waals surface area contributed by atoms with Crippen LogP contribution in [0.25, 0.3) is 0 Å². The van der Waals surface area contributed by atoms with Gasteiger partial charge in [0.1, 0.15) is 11.9 Å². The van der Waals surface area contributed by atoms with Gasteiger partial charge in [-0.1, -0.05) is 44.1 Å². The smallest absolute Gasteiger partial charge is 0.410 e. The van der Waals surface area contributed by atoms with Crippen LogP contribution in [-0.4, -0.2) is 18.0 Å². The number of carbonyl (C=O) groups excluding carboxylic acids is 1. The highest BCUT2D eigenvalue weighted by Gasteiger charge is 2.33. The summed E-state index contributed by atoms with van der Waals surface area (Å²) in [5.74, 6) is 0.993. The Labute approximate surface area is 112 Å². The van der Waals surface area contributed by atoms with Gasteiger partial charge >= 0.3 is 6.09 Å². The topological polar surface area (TPSA) is 59.9 Å². The molecule has 1 amide bonds. The third kappa shape index (κ3) is 3.71. The largest absolute Gasteiger partial charge is 0.418 e. The van der Waals surface area contributed by atoms with E-state index in [1.54, 1.807) is 24.3 Å². The van der Waals surface area contributed by atoms with Gasteiger partial charge in [-0.3, -0.25) is 5.32 Å². The molecule has 1 heterocycles. The molecule has 1 aromatic carbocycles. The second kappa shape index (κ2) is 5.30. The highest BCUT2D eigenvalue weighted by molar-refractivity contribution is 5.96. The Bertz CT molecular complexity index is 477. The van der Waals surface area contributed by atoms with Crippen LogP contribution in [0.5, 0.6) is 5.75 Å². The summed E-state index contributed by atoms with van der Waals surface area (Å²) in [5, 5.41) is 6.46. The molecule has 1 atom stereocenters. The number of nitrogens with one attached hydrogen (secondary N) is 1. The van der Waals surface area contributed by atoms with Gasteiger partial charge in [0.25, 0.3) is 0 Å². The predicted octanol–water partition coefficient (Wildman–Crippen LogP) is 2.92. The molecule has 0 fully saturated rings. The van der Waals surface area contributed by atoms with Gasteiger partial charge in [-0.15, -0.1) is 0 Å². The molecule has 19 heavy (non-hydrogen) atoms. The van der Waals surface area contributed by atoms with Gasteiger partial charge in [-0.05, 0) is 12.1 Å². The summed E-state index contributed by atoms with van der Waals surface area (Å²) in [7, 11) is 0. The molecule has 5 nitrogen and oxygen atoms in total. The van der Waals surface area contributed by atoms with Crippen molar-refractivity contribution in [1.29, 1.82) is 0 Å². The fourth-order valence-corrected chi connectivity index (χ4v) is 1.65. The van der Waals surface area contributed by atoms with Crippen LogP contribution in [0.1, 0.15) is 27.2 Å². The van der Waals surface area contributed by atoms with Crippen LogP contribution in [0, 0.1) is 5.41 Å². The minimum atomic E-state index is -0.553. The zero-order valence-electron chi connectivity index (χ0n) is 11.3. The Morgan fingerprint density at radius 2 is 2.05 bits per heavy atom. The lowest BCUT2D eigenvalue weighted by Gasteiger charge is -2.23. The molecule has 1 aliphatic rings. The maximum atomic E-state index is 11.7. The summed E-state index contributed by atoms with van der Waals surface area (Å²) in [6, 6.07) is 8.88. The summed E-state index contributed by atoms with van der Waals surface area (Å²) in [6.45, 7) is 6.20. The van der Waals surface area contributed by atoms with Crippen molar-refractivity contribution >= 4 is 11.9 Å². The van der Waals surface area contributed by atoms with Gasteiger partial charge in [-0.25, -0.2) is 4.79 Å². The summed E-state index contributed by atoms with van der Waals surface area (Å²) in [4.78, 5) is 17.0. The average molecular weight is 262 g/mol. The van der Waals surface area contributed by atoms with E-state index in [1.807, 2.05) is 6.07 Å². The van der Waals surface area contributed by atoms with E-state index in [9.17, 15) is 4.79 Å². The lowest BCUT2D eigenvalue weighted by Crippen LogP contribution is -2.34. The summed E-state index contributed by atoms with van der Waals surface area (Å²) < 4.78 is 5.11. The maximum absolute atomic E-state index is 11.7. The Morgan fingerprint density at radius 1 is 1.37 bits per heavy atom. The van der Waals surface area contributed by atoms with Crippen molar-refractivity contribution in [2.75, 3.05) is 0 Å². The van der Waals surface area contributed by atoms with Crippen LogP contribution in [0.2, 0.25) is 0 Å². The number of amides is 1. The first-order chi connectivity index (χ1) is 8.95. The molecule has 0 aromatic heterocycles. The Morgan fingerprint density at radius 3 is 2.63 bits per heavy atom. The monoisotopic (exact) mass is 262 g/mol. The van der Waals surface area contributed by atoms with E-state index in [-0.39, 0.29) is 11.5 Å². The number of rotatable bonds is 1. The van der Waals surface area contributed by atoms with Crippen LogP contribution in [0.4, 0.5) is 4.79 Å². The van der Waals surface area contributed by atoms with Crippen molar-refractivity contribution < 1.29 is 14.4 Å². The Hall–Kier alpha value is -2.04. The number of carbonyl (C=O) groups is 1. The highest BCUT2D eigenvalue weighted by atomic mass is 16.6. The minimum Gasteiger partial charge on any atom is -0.410 e. The van der Waals surface area contributed by atoms with E-state index < -0.39 is 6.09 Å². The molecular weight excluding hydrogens is 244 g/mol. The summed E-state index contributed by atoms with van der Waals surface area (Å²) in [6.07, 6.45) is -0.00412. The van der Waals surface area contributed by atoms with E-state index in [1.165, 1.54) is 0 Å². The molecule has 5 heteroatoms. The summed E-state index contributed by atoms with van der Waals surface area (Å²) >= 11 is 0. The average Bonchev–Trinajstić information content (AvgIpc) is 2.78. The molecule has 1 aliphatic heterocycles. The number of para-hydroxylation sites is 1. The van der Waals surface area contributed by atoms with Crippen LogP contribution in [0.3, 0.4) is 0 Å². The van der Waals surface area contributed by atoms with Crippen molar-refractivity contribution in [3.05, 3.63) is 30.3 Å². The van der Waals surface area contributed by atoms with Gasteiger partial charge in [0, 0.05) is 11.8 Å². The molecule has 102 valence electrons. The van der Waals surface area contributed by atoms with Gasteiger partial charge in [0.2, 0.25) is 0 Å². The van der Waals surface area contributed by atoms with Gasteiger partial charge < -0.3 is 9.57 Å². The number of benzene rings is 1. The third-order valence-corrected chi connectivity index (χ3v) is 2.83. The molecule has 0 spiro atoms. The number of hydrogen-bond acceptors (Lipinski definition) is 4. The number of nitrogens with zero attached hydrogens (tertiary/aromatic N) is 1. The van der Waals surface area contributed by atoms with Gasteiger partial charge in [-0.2, -0.15) is 0 Å². The molecular formula is C14H18N2O3. The normalized spacial score (nSPS) is 18.5. The zero-order valence-corrected chi connectivity index (χ0v) is 11.3.